The Morgan fingerprint density at radius 2 is 1.75 bits per heavy atom. The van der Waals surface area contributed by atoms with Crippen LogP contribution in [-0.4, -0.2) is 21.1 Å². The third-order valence-corrected chi connectivity index (χ3v) is 6.74. The summed E-state index contributed by atoms with van der Waals surface area (Å²) in [4.78, 5) is -0.547. The molecule has 0 radical (unpaired) electrons. The monoisotopic (exact) mass is 469 g/mol. The van der Waals surface area contributed by atoms with Crippen molar-refractivity contribution in [3.05, 3.63) is 77.9 Å². The summed E-state index contributed by atoms with van der Waals surface area (Å²) >= 11 is 0. The average molecular weight is 469 g/mol. The average Bonchev–Trinajstić information content (AvgIpc) is 2.74. The zero-order valence-corrected chi connectivity index (χ0v) is 17.3. The fourth-order valence-electron chi connectivity index (χ4n) is 3.47. The highest BCUT2D eigenvalue weighted by Crippen LogP contribution is 2.41. The zero-order valence-electron chi connectivity index (χ0n) is 16.5. The number of nitrogens with zero attached hydrogens (tertiary/aromatic N) is 1. The lowest BCUT2D eigenvalue weighted by atomic mass is 10.0. The smallest absolute Gasteiger partial charge is 0.416 e. The molecule has 10 heteroatoms. The number of alkyl halides is 3. The maximum atomic E-state index is 14.3. The van der Waals surface area contributed by atoms with Crippen molar-refractivity contribution in [2.24, 2.45) is 0 Å². The van der Waals surface area contributed by atoms with E-state index in [0.29, 0.717) is 6.07 Å². The topological polar surface area (TPSA) is 46.6 Å². The predicted molar refractivity (Wildman–Crippen MR) is 108 cm³/mol. The molecule has 0 fully saturated rings. The first-order valence-electron chi connectivity index (χ1n) is 9.43. The Labute approximate surface area is 180 Å². The Morgan fingerprint density at radius 3 is 2.47 bits per heavy atom. The first-order chi connectivity index (χ1) is 15.0. The molecule has 3 aromatic carbocycles. The predicted octanol–water partition coefficient (Wildman–Crippen LogP) is 5.63. The molecule has 3 aromatic rings. The first-order valence-corrected chi connectivity index (χ1v) is 10.9. The highest BCUT2D eigenvalue weighted by Gasteiger charge is 2.36. The Balaban J connectivity index is 1.84. The maximum absolute atomic E-state index is 14.3. The molecule has 0 bridgehead atoms. The van der Waals surface area contributed by atoms with E-state index in [-0.39, 0.29) is 29.1 Å². The van der Waals surface area contributed by atoms with Crippen LogP contribution in [0.2, 0.25) is 0 Å². The third kappa shape index (κ3) is 4.02. The summed E-state index contributed by atoms with van der Waals surface area (Å²) in [5.41, 5.74) is -0.997. The van der Waals surface area contributed by atoms with E-state index in [1.807, 2.05) is 0 Å². The number of rotatable bonds is 3. The van der Waals surface area contributed by atoms with E-state index in [2.05, 4.69) is 0 Å². The molecular formula is C22H16F5NO3S. The van der Waals surface area contributed by atoms with Crippen LogP contribution in [0.25, 0.3) is 11.1 Å². The van der Waals surface area contributed by atoms with Crippen molar-refractivity contribution in [2.45, 2.75) is 24.1 Å². The number of sulfonamides is 1. The van der Waals surface area contributed by atoms with E-state index < -0.39 is 44.4 Å². The van der Waals surface area contributed by atoms with Crippen LogP contribution in [0.3, 0.4) is 0 Å². The van der Waals surface area contributed by atoms with Crippen LogP contribution in [0.4, 0.5) is 27.6 Å². The lowest BCUT2D eigenvalue weighted by Crippen LogP contribution is -2.42. The van der Waals surface area contributed by atoms with E-state index in [1.165, 1.54) is 18.2 Å². The minimum absolute atomic E-state index is 0.0154. The Kier molecular flexibility index (Phi) is 5.36. The van der Waals surface area contributed by atoms with Crippen LogP contribution in [0.5, 0.6) is 5.75 Å². The fourth-order valence-corrected chi connectivity index (χ4v) is 5.06. The molecule has 168 valence electrons. The van der Waals surface area contributed by atoms with E-state index in [9.17, 15) is 30.4 Å². The number of benzene rings is 3. The SMILES string of the molecule is C[C@H]1CN(S(=O)(=O)c2cccc(C(F)(F)F)c2)c2cc(-c3cc(F)ccc3F)ccc2O1. The quantitative estimate of drug-likeness (QED) is 0.468. The molecule has 0 saturated carbocycles. The summed E-state index contributed by atoms with van der Waals surface area (Å²) in [5.74, 6) is -1.25. The lowest BCUT2D eigenvalue weighted by Gasteiger charge is -2.34. The Bertz CT molecular complexity index is 1290. The van der Waals surface area contributed by atoms with Gasteiger partial charge in [-0.15, -0.1) is 0 Å². The molecule has 4 rings (SSSR count). The lowest BCUT2D eigenvalue weighted by molar-refractivity contribution is -0.137. The molecule has 4 nitrogen and oxygen atoms in total. The Hall–Kier alpha value is -3.14. The van der Waals surface area contributed by atoms with Gasteiger partial charge in [-0.1, -0.05) is 12.1 Å². The van der Waals surface area contributed by atoms with Crippen LogP contribution in [0, 0.1) is 11.6 Å². The molecule has 0 aromatic heterocycles. The van der Waals surface area contributed by atoms with Crippen LogP contribution in [-0.2, 0) is 16.2 Å². The van der Waals surface area contributed by atoms with Crippen LogP contribution >= 0.6 is 0 Å². The van der Waals surface area contributed by atoms with Crippen LogP contribution in [0.1, 0.15) is 12.5 Å². The number of halogens is 5. The third-order valence-electron chi connectivity index (χ3n) is 4.97. The van der Waals surface area contributed by atoms with Crippen LogP contribution < -0.4 is 9.04 Å². The second-order valence-electron chi connectivity index (χ2n) is 7.30. The summed E-state index contributed by atoms with van der Waals surface area (Å²) in [6.07, 6.45) is -5.32. The summed E-state index contributed by atoms with van der Waals surface area (Å²) in [6, 6.07) is 10.5. The van der Waals surface area contributed by atoms with E-state index in [1.54, 1.807) is 6.92 Å². The Morgan fingerprint density at radius 1 is 1.00 bits per heavy atom. The second-order valence-corrected chi connectivity index (χ2v) is 9.16. The maximum Gasteiger partial charge on any atom is 0.416 e. The molecule has 1 aliphatic heterocycles. The summed E-state index contributed by atoms with van der Waals surface area (Å²) < 4.78 is 100. The van der Waals surface area contributed by atoms with Gasteiger partial charge < -0.3 is 4.74 Å². The molecule has 1 aliphatic rings. The van der Waals surface area contributed by atoms with Crippen molar-refractivity contribution < 1.29 is 35.1 Å². The van der Waals surface area contributed by atoms with Crippen molar-refractivity contribution in [3.63, 3.8) is 0 Å². The largest absolute Gasteiger partial charge is 0.487 e. The number of fused-ring (bicyclic) bond motifs is 1. The van der Waals surface area contributed by atoms with Gasteiger partial charge in [-0.2, -0.15) is 13.2 Å². The van der Waals surface area contributed by atoms with Gasteiger partial charge in [-0.05, 0) is 61.0 Å². The molecule has 0 aliphatic carbocycles. The van der Waals surface area contributed by atoms with Gasteiger partial charge in [0.1, 0.15) is 23.5 Å². The molecule has 1 heterocycles. The van der Waals surface area contributed by atoms with Gasteiger partial charge in [0.05, 0.1) is 22.7 Å². The van der Waals surface area contributed by atoms with Gasteiger partial charge in [0, 0.05) is 5.56 Å². The zero-order chi connectivity index (χ0) is 23.3. The molecule has 0 unspecified atom stereocenters. The van der Waals surface area contributed by atoms with Crippen LogP contribution in [0.15, 0.2) is 65.6 Å². The molecular weight excluding hydrogens is 453 g/mol. The van der Waals surface area contributed by atoms with Crippen molar-refractivity contribution in [1.82, 2.24) is 0 Å². The molecule has 0 saturated heterocycles. The fraction of sp³-hybridized carbons (Fsp3) is 0.182. The standard InChI is InChI=1S/C22H16F5NO3S/c1-13-12-28(32(29,30)17-4-2-3-15(10-17)22(25,26)27)20-9-14(5-8-21(20)31-13)18-11-16(23)6-7-19(18)24/h2-11,13H,12H2,1H3/t13-/m0/s1. The van der Waals surface area contributed by atoms with Gasteiger partial charge in [0.25, 0.3) is 10.0 Å². The highest BCUT2D eigenvalue weighted by atomic mass is 32.2. The minimum Gasteiger partial charge on any atom is -0.487 e. The van der Waals surface area contributed by atoms with Gasteiger partial charge in [-0.25, -0.2) is 17.2 Å². The van der Waals surface area contributed by atoms with Crippen molar-refractivity contribution in [2.75, 3.05) is 10.8 Å². The van der Waals surface area contributed by atoms with Gasteiger partial charge >= 0.3 is 6.18 Å². The van der Waals surface area contributed by atoms with Crippen molar-refractivity contribution >= 4 is 15.7 Å². The summed E-state index contributed by atoms with van der Waals surface area (Å²) in [7, 11) is -4.42. The van der Waals surface area contributed by atoms with Crippen molar-refractivity contribution in [3.8, 4) is 16.9 Å². The summed E-state index contributed by atoms with van der Waals surface area (Å²) in [5, 5.41) is 0. The second kappa shape index (κ2) is 7.77. The number of ether oxygens (including phenoxy) is 1. The van der Waals surface area contributed by atoms with E-state index in [0.717, 1.165) is 40.7 Å². The molecule has 1 atom stereocenters. The van der Waals surface area contributed by atoms with Gasteiger partial charge in [0.15, 0.2) is 0 Å². The molecule has 0 spiro atoms. The summed E-state index contributed by atoms with van der Waals surface area (Å²) in [6.45, 7) is 1.43. The first kappa shape index (κ1) is 22.1. The van der Waals surface area contributed by atoms with Gasteiger partial charge in [-0.3, -0.25) is 4.31 Å². The number of anilines is 1. The number of hydrogen-bond donors (Lipinski definition) is 0. The molecule has 0 amide bonds. The number of hydrogen-bond acceptors (Lipinski definition) is 3. The van der Waals surface area contributed by atoms with E-state index in [4.69, 9.17) is 4.74 Å². The van der Waals surface area contributed by atoms with E-state index >= 15 is 0 Å². The highest BCUT2D eigenvalue weighted by molar-refractivity contribution is 7.92. The molecule has 32 heavy (non-hydrogen) atoms. The normalized spacial score (nSPS) is 16.4. The molecule has 0 N–H and O–H groups in total. The minimum atomic E-state index is -4.72. The van der Waals surface area contributed by atoms with Gasteiger partial charge in [0.2, 0.25) is 0 Å². The van der Waals surface area contributed by atoms with Crippen molar-refractivity contribution in [1.29, 1.82) is 0 Å².